The predicted octanol–water partition coefficient (Wildman–Crippen LogP) is 3.87. The highest BCUT2D eigenvalue weighted by Crippen LogP contribution is 2.30. The molecule has 0 radical (unpaired) electrons. The van der Waals surface area contributed by atoms with Gasteiger partial charge >= 0.3 is 0 Å². The highest BCUT2D eigenvalue weighted by Gasteiger charge is 2.24. The molecule has 0 saturated heterocycles. The Bertz CT molecular complexity index is 655. The number of carbonyl (C=O) groups excluding carboxylic acids is 1. The van der Waals surface area contributed by atoms with E-state index in [0.29, 0.717) is 11.5 Å². The van der Waals surface area contributed by atoms with E-state index >= 15 is 0 Å². The number of hydrogen-bond acceptors (Lipinski definition) is 2. The lowest BCUT2D eigenvalue weighted by molar-refractivity contribution is 0.0954. The number of rotatable bonds is 4. The fraction of sp³-hybridized carbons (Fsp3) is 0.222. The molecule has 3 rings (SSSR count). The zero-order chi connectivity index (χ0) is 14.7. The summed E-state index contributed by atoms with van der Waals surface area (Å²) in [4.78, 5) is 12.0. The minimum absolute atomic E-state index is 0.158. The highest BCUT2D eigenvalue weighted by molar-refractivity contribution is 5.96. The van der Waals surface area contributed by atoms with Gasteiger partial charge in [-0.25, -0.2) is 5.43 Å². The number of amides is 1. The molecule has 1 N–H and O–H groups in total. The number of carbonyl (C=O) groups is 1. The Morgan fingerprint density at radius 2 is 1.62 bits per heavy atom. The monoisotopic (exact) mass is 278 g/mol. The first-order chi connectivity index (χ1) is 10.2. The molecular formula is C18H18N2O. The Balaban J connectivity index is 1.69. The van der Waals surface area contributed by atoms with Crippen molar-refractivity contribution in [2.45, 2.75) is 19.8 Å². The van der Waals surface area contributed by atoms with Gasteiger partial charge in [-0.3, -0.25) is 4.79 Å². The van der Waals surface area contributed by atoms with Crippen LogP contribution < -0.4 is 5.43 Å². The van der Waals surface area contributed by atoms with Gasteiger partial charge in [-0.2, -0.15) is 5.10 Å². The van der Waals surface area contributed by atoms with Crippen LogP contribution in [0.2, 0.25) is 0 Å². The highest BCUT2D eigenvalue weighted by atomic mass is 16.2. The molecule has 1 aliphatic rings. The Morgan fingerprint density at radius 1 is 1.00 bits per heavy atom. The Kier molecular flexibility index (Phi) is 3.82. The van der Waals surface area contributed by atoms with Crippen molar-refractivity contribution in [3.05, 3.63) is 60.2 Å². The molecule has 0 atom stereocenters. The van der Waals surface area contributed by atoms with E-state index in [1.165, 1.54) is 12.8 Å². The van der Waals surface area contributed by atoms with Gasteiger partial charge in [0.15, 0.2) is 0 Å². The van der Waals surface area contributed by atoms with Gasteiger partial charge in [-0.05, 0) is 48.9 Å². The van der Waals surface area contributed by atoms with Gasteiger partial charge in [0, 0.05) is 11.3 Å². The lowest BCUT2D eigenvalue weighted by Crippen LogP contribution is -2.19. The zero-order valence-corrected chi connectivity index (χ0v) is 12.0. The molecule has 1 fully saturated rings. The molecule has 3 nitrogen and oxygen atoms in total. The summed E-state index contributed by atoms with van der Waals surface area (Å²) in [5, 5.41) is 4.16. The third-order valence-electron chi connectivity index (χ3n) is 3.76. The fourth-order valence-electron chi connectivity index (χ4n) is 2.24. The minimum atomic E-state index is -0.158. The van der Waals surface area contributed by atoms with Crippen LogP contribution >= 0.6 is 0 Å². The number of nitrogens with one attached hydrogen (secondary N) is 1. The van der Waals surface area contributed by atoms with Crippen molar-refractivity contribution in [1.82, 2.24) is 5.43 Å². The maximum absolute atomic E-state index is 12.0. The fourth-order valence-corrected chi connectivity index (χ4v) is 2.24. The summed E-state index contributed by atoms with van der Waals surface area (Å²) >= 11 is 0. The molecule has 0 bridgehead atoms. The summed E-state index contributed by atoms with van der Waals surface area (Å²) in [7, 11) is 0. The van der Waals surface area contributed by atoms with E-state index in [1.807, 2.05) is 49.4 Å². The summed E-state index contributed by atoms with van der Waals surface area (Å²) in [6, 6.07) is 17.7. The summed E-state index contributed by atoms with van der Waals surface area (Å²) in [5.41, 5.74) is 6.52. The normalized spacial score (nSPS) is 14.8. The summed E-state index contributed by atoms with van der Waals surface area (Å²) < 4.78 is 0. The maximum atomic E-state index is 12.0. The van der Waals surface area contributed by atoms with Gasteiger partial charge in [0.1, 0.15) is 0 Å². The van der Waals surface area contributed by atoms with E-state index in [-0.39, 0.29) is 5.91 Å². The summed E-state index contributed by atoms with van der Waals surface area (Å²) in [6.07, 6.45) is 2.38. The van der Waals surface area contributed by atoms with Crippen LogP contribution in [0.1, 0.15) is 30.1 Å². The van der Waals surface area contributed by atoms with Gasteiger partial charge < -0.3 is 0 Å². The van der Waals surface area contributed by atoms with Gasteiger partial charge in [0.2, 0.25) is 0 Å². The molecule has 0 aromatic heterocycles. The van der Waals surface area contributed by atoms with Crippen LogP contribution in [0.15, 0.2) is 59.7 Å². The lowest BCUT2D eigenvalue weighted by Gasteiger charge is -2.04. The third-order valence-corrected chi connectivity index (χ3v) is 3.76. The van der Waals surface area contributed by atoms with Crippen molar-refractivity contribution in [2.24, 2.45) is 11.0 Å². The summed E-state index contributed by atoms with van der Waals surface area (Å²) in [6.45, 7) is 1.97. The minimum Gasteiger partial charge on any atom is -0.267 e. The standard InChI is InChI=1S/C18H18N2O/c1-13(14-7-8-14)19-20-18(21)17-11-9-16(10-12-17)15-5-3-2-4-6-15/h2-6,9-12,14H,7-8H2,1H3,(H,20,21). The van der Waals surface area contributed by atoms with Crippen molar-refractivity contribution >= 4 is 11.6 Å². The van der Waals surface area contributed by atoms with Gasteiger partial charge in [0.05, 0.1) is 0 Å². The molecule has 0 aliphatic heterocycles. The maximum Gasteiger partial charge on any atom is 0.271 e. The Labute approximate surface area is 124 Å². The van der Waals surface area contributed by atoms with Gasteiger partial charge in [-0.15, -0.1) is 0 Å². The lowest BCUT2D eigenvalue weighted by atomic mass is 10.0. The van der Waals surface area contributed by atoms with Crippen molar-refractivity contribution in [3.8, 4) is 11.1 Å². The van der Waals surface area contributed by atoms with Crippen molar-refractivity contribution < 1.29 is 4.79 Å². The molecule has 3 heteroatoms. The average Bonchev–Trinajstić information content (AvgIpc) is 3.38. The van der Waals surface area contributed by atoms with Crippen molar-refractivity contribution in [2.75, 3.05) is 0 Å². The second kappa shape index (κ2) is 5.92. The molecule has 2 aromatic carbocycles. The van der Waals surface area contributed by atoms with E-state index in [1.54, 1.807) is 0 Å². The van der Waals surface area contributed by atoms with Crippen LogP contribution in [-0.2, 0) is 0 Å². The van der Waals surface area contributed by atoms with E-state index in [0.717, 1.165) is 16.8 Å². The molecule has 0 unspecified atom stereocenters. The van der Waals surface area contributed by atoms with Crippen molar-refractivity contribution in [3.63, 3.8) is 0 Å². The SMILES string of the molecule is CC(=NNC(=O)c1ccc(-c2ccccc2)cc1)C1CC1. The predicted molar refractivity (Wildman–Crippen MR) is 85.2 cm³/mol. The molecule has 1 amide bonds. The third kappa shape index (κ3) is 3.37. The molecular weight excluding hydrogens is 260 g/mol. The first-order valence-electron chi connectivity index (χ1n) is 7.24. The molecule has 1 aliphatic carbocycles. The largest absolute Gasteiger partial charge is 0.271 e. The quantitative estimate of drug-likeness (QED) is 0.669. The molecule has 2 aromatic rings. The van der Waals surface area contributed by atoms with Crippen LogP contribution in [0.3, 0.4) is 0 Å². The second-order valence-electron chi connectivity index (χ2n) is 5.41. The zero-order valence-electron chi connectivity index (χ0n) is 12.0. The van der Waals surface area contributed by atoms with E-state index in [9.17, 15) is 4.79 Å². The number of benzene rings is 2. The number of hydrazone groups is 1. The Hall–Kier alpha value is -2.42. The molecule has 0 heterocycles. The van der Waals surface area contributed by atoms with Crippen LogP contribution in [0.25, 0.3) is 11.1 Å². The van der Waals surface area contributed by atoms with Crippen LogP contribution in [0.5, 0.6) is 0 Å². The van der Waals surface area contributed by atoms with Gasteiger partial charge in [0.25, 0.3) is 5.91 Å². The van der Waals surface area contributed by atoms with E-state index in [4.69, 9.17) is 0 Å². The van der Waals surface area contributed by atoms with Crippen LogP contribution in [0, 0.1) is 5.92 Å². The smallest absolute Gasteiger partial charge is 0.267 e. The first kappa shape index (κ1) is 13.6. The first-order valence-corrected chi connectivity index (χ1v) is 7.24. The molecule has 21 heavy (non-hydrogen) atoms. The molecule has 0 spiro atoms. The topological polar surface area (TPSA) is 41.5 Å². The number of nitrogens with zero attached hydrogens (tertiary/aromatic N) is 1. The average molecular weight is 278 g/mol. The molecule has 1 saturated carbocycles. The number of hydrogen-bond donors (Lipinski definition) is 1. The van der Waals surface area contributed by atoms with Crippen LogP contribution in [0.4, 0.5) is 0 Å². The van der Waals surface area contributed by atoms with Gasteiger partial charge in [-0.1, -0.05) is 42.5 Å². The van der Waals surface area contributed by atoms with E-state index in [2.05, 4.69) is 22.7 Å². The second-order valence-corrected chi connectivity index (χ2v) is 5.41. The van der Waals surface area contributed by atoms with Crippen LogP contribution in [-0.4, -0.2) is 11.6 Å². The summed E-state index contributed by atoms with van der Waals surface area (Å²) in [5.74, 6) is 0.417. The van der Waals surface area contributed by atoms with E-state index < -0.39 is 0 Å². The van der Waals surface area contributed by atoms with Crippen molar-refractivity contribution in [1.29, 1.82) is 0 Å². The Morgan fingerprint density at radius 3 is 2.24 bits per heavy atom. The molecule has 106 valence electrons.